The van der Waals surface area contributed by atoms with E-state index in [0.717, 1.165) is 0 Å². The Bertz CT molecular complexity index is 107. The smallest absolute Gasteiger partial charge is 0.384 e. The number of rotatable bonds is 3. The van der Waals surface area contributed by atoms with Crippen LogP contribution in [-0.2, 0) is 3.83 Å². The van der Waals surface area contributed by atoms with Gasteiger partial charge < -0.3 is 14.1 Å². The van der Waals surface area contributed by atoms with Crippen LogP contribution in [0.15, 0.2) is 0 Å². The zero-order valence-corrected chi connectivity index (χ0v) is 5.92. The first kappa shape index (κ1) is 8.79. The first-order chi connectivity index (χ1) is 4.04. The lowest BCUT2D eigenvalue weighted by Crippen LogP contribution is -2.46. The minimum Gasteiger partial charge on any atom is -0.384 e. The Morgan fingerprint density at radius 2 is 2.11 bits per heavy atom. The van der Waals surface area contributed by atoms with Crippen LogP contribution in [0.3, 0.4) is 0 Å². The maximum absolute atomic E-state index is 9.74. The number of hydrogen-bond donors (Lipinski definition) is 3. The van der Waals surface area contributed by atoms with Gasteiger partial charge in [0, 0.05) is 3.83 Å². The van der Waals surface area contributed by atoms with Crippen LogP contribution < -0.4 is 19.9 Å². The zero-order chi connectivity index (χ0) is 7.44. The summed E-state index contributed by atoms with van der Waals surface area (Å²) in [4.78, 5) is 0. The second-order valence-corrected chi connectivity index (χ2v) is 2.32. The van der Waals surface area contributed by atoms with Gasteiger partial charge in [0.25, 0.3) is 6.23 Å². The lowest BCUT2D eigenvalue weighted by molar-refractivity contribution is -1.63. The molecule has 0 bridgehead atoms. The van der Waals surface area contributed by atoms with Crippen molar-refractivity contribution in [2.75, 3.05) is 0 Å². The molecular weight excluding hydrogens is 194 g/mol. The van der Waals surface area contributed by atoms with Crippen LogP contribution in [0.25, 0.3) is 0 Å². The Kier molecular flexibility index (Phi) is 3.66. The van der Waals surface area contributed by atoms with Crippen LogP contribution in [0.4, 0.5) is 0 Å². The van der Waals surface area contributed by atoms with Crippen molar-refractivity contribution in [2.45, 2.75) is 6.23 Å². The Balaban J connectivity index is 3.50. The number of amidine groups is 1. The first-order valence-corrected chi connectivity index (χ1v) is 3.80. The van der Waals surface area contributed by atoms with E-state index in [2.05, 4.69) is 3.83 Å². The monoisotopic (exact) mass is 199 g/mol. The van der Waals surface area contributed by atoms with Gasteiger partial charge in [0.05, 0.1) is 0 Å². The number of nitrogens with two attached hydrogens (primary N) is 2. The lowest BCUT2D eigenvalue weighted by Gasteiger charge is -1.99. The summed E-state index contributed by atoms with van der Waals surface area (Å²) in [5, 5.41) is 6.56. The van der Waals surface area contributed by atoms with E-state index in [0.29, 0.717) is 0 Å². The van der Waals surface area contributed by atoms with Crippen LogP contribution in [0.5, 0.6) is 0 Å². The van der Waals surface area contributed by atoms with Gasteiger partial charge in [-0.05, 0) is 0 Å². The topological polar surface area (TPSA) is 131 Å². The average Bonchev–Trinajstić information content (AvgIpc) is 1.63. The zero-order valence-electron chi connectivity index (χ0n) is 4.33. The molecule has 0 saturated heterocycles. The van der Waals surface area contributed by atoms with E-state index in [-0.39, 0.29) is 0 Å². The molecule has 0 aliphatic rings. The van der Waals surface area contributed by atoms with Gasteiger partial charge in [0.15, 0.2) is 0 Å². The average molecular weight is 200 g/mol. The third-order valence-corrected chi connectivity index (χ3v) is 1.18. The van der Waals surface area contributed by atoms with E-state index in [9.17, 15) is 8.40 Å². The number of halogens is 1. The van der Waals surface area contributed by atoms with E-state index in [4.69, 9.17) is 16.9 Å². The molecule has 0 rings (SSSR count). The Labute approximate surface area is 56.7 Å². The predicted octanol–water partition coefficient (Wildman–Crippen LogP) is -3.69. The van der Waals surface area contributed by atoms with Gasteiger partial charge in [0.1, 0.15) is 5.84 Å². The first-order valence-electron chi connectivity index (χ1n) is 1.86. The van der Waals surface area contributed by atoms with Crippen LogP contribution in [0.2, 0.25) is 0 Å². The second kappa shape index (κ2) is 3.75. The van der Waals surface area contributed by atoms with E-state index >= 15 is 0 Å². The third kappa shape index (κ3) is 4.30. The van der Waals surface area contributed by atoms with Crippen LogP contribution >= 0.6 is 0 Å². The minimum atomic E-state index is -3.34. The van der Waals surface area contributed by atoms with Crippen LogP contribution in [-0.4, -0.2) is 12.1 Å². The Morgan fingerprint density at radius 3 is 2.22 bits per heavy atom. The molecule has 54 valence electrons. The molecule has 0 fully saturated rings. The van der Waals surface area contributed by atoms with Crippen molar-refractivity contribution in [3.63, 3.8) is 0 Å². The molecule has 9 heavy (non-hydrogen) atoms. The molecule has 0 saturated carbocycles. The summed E-state index contributed by atoms with van der Waals surface area (Å²) in [6, 6.07) is 0. The maximum Gasteiger partial charge on any atom is 0.439 e. The van der Waals surface area contributed by atoms with Gasteiger partial charge >= 0.3 is 14.8 Å². The largest absolute Gasteiger partial charge is 0.439 e. The van der Waals surface area contributed by atoms with Crippen molar-refractivity contribution in [1.82, 2.24) is 0 Å². The quantitative estimate of drug-likeness (QED) is 0.245. The molecule has 0 aromatic heterocycles. The van der Waals surface area contributed by atoms with Gasteiger partial charge in [-0.15, -0.1) is 0 Å². The number of nitrogens with one attached hydrogen (secondary N) is 1. The molecule has 6 nitrogen and oxygen atoms in total. The summed E-state index contributed by atoms with van der Waals surface area (Å²) in [6.07, 6.45) is -1.32. The standard InChI is InChI=1S/C2H6BrN3O3/c4-1(5)2(6)9-3(7)8/h2H,6H2,(H3,4,5). The van der Waals surface area contributed by atoms with Crippen molar-refractivity contribution < 1.29 is 27.0 Å². The summed E-state index contributed by atoms with van der Waals surface area (Å²) < 4.78 is 23.4. The molecule has 1 unspecified atom stereocenters. The summed E-state index contributed by atoms with van der Waals surface area (Å²) in [7, 11) is 0. The minimum absolute atomic E-state index is 0.509. The molecule has 1 atom stereocenters. The second-order valence-electron chi connectivity index (χ2n) is 1.15. The molecule has 0 radical (unpaired) electrons. The Morgan fingerprint density at radius 1 is 1.67 bits per heavy atom. The predicted molar refractivity (Wildman–Crippen MR) is 21.0 cm³/mol. The summed E-state index contributed by atoms with van der Waals surface area (Å²) in [6.45, 7) is 0. The fourth-order valence-electron chi connectivity index (χ4n) is 0.126. The van der Waals surface area contributed by atoms with E-state index in [1.54, 1.807) is 0 Å². The van der Waals surface area contributed by atoms with Crippen LogP contribution in [0.1, 0.15) is 0 Å². The molecule has 5 N–H and O–H groups in total. The van der Waals surface area contributed by atoms with E-state index in [1.165, 1.54) is 0 Å². The molecule has 0 aliphatic heterocycles. The van der Waals surface area contributed by atoms with Gasteiger partial charge in [0.2, 0.25) is 0 Å². The van der Waals surface area contributed by atoms with Crippen molar-refractivity contribution in [3.05, 3.63) is 0 Å². The molecule has 7 heteroatoms. The van der Waals surface area contributed by atoms with Crippen LogP contribution in [0, 0.1) is 20.2 Å². The molecule has 0 aromatic carbocycles. The highest BCUT2D eigenvalue weighted by atomic mass is 80.0. The SMILES string of the molecule is N=C(N)C(N)O[Br+2]([O-])[O-]. The van der Waals surface area contributed by atoms with Gasteiger partial charge in [-0.1, -0.05) is 0 Å². The lowest BCUT2D eigenvalue weighted by atomic mass is 10.6. The number of hydrogen-bond acceptors (Lipinski definition) is 5. The van der Waals surface area contributed by atoms with Crippen molar-refractivity contribution in [2.24, 2.45) is 11.5 Å². The summed E-state index contributed by atoms with van der Waals surface area (Å²) >= 11 is -3.34. The third-order valence-electron chi connectivity index (χ3n) is 0.475. The highest BCUT2D eigenvalue weighted by Crippen LogP contribution is 1.82. The highest BCUT2D eigenvalue weighted by molar-refractivity contribution is 5.80. The summed E-state index contributed by atoms with van der Waals surface area (Å²) in [5.74, 6) is -0.509. The highest BCUT2D eigenvalue weighted by Gasteiger charge is 2.20. The van der Waals surface area contributed by atoms with Gasteiger partial charge in [-0.25, -0.2) is 0 Å². The van der Waals surface area contributed by atoms with E-state index < -0.39 is 26.9 Å². The fraction of sp³-hybridized carbons (Fsp3) is 0.500. The summed E-state index contributed by atoms with van der Waals surface area (Å²) in [5.41, 5.74) is 9.63. The molecule has 0 spiro atoms. The van der Waals surface area contributed by atoms with Crippen molar-refractivity contribution >= 4 is 5.84 Å². The maximum atomic E-state index is 9.74. The fourth-order valence-corrected chi connectivity index (χ4v) is 0.657. The Hall–Kier alpha value is -0.210. The van der Waals surface area contributed by atoms with Crippen molar-refractivity contribution in [1.29, 1.82) is 5.41 Å². The normalized spacial score (nSPS) is 13.8. The van der Waals surface area contributed by atoms with E-state index in [1.807, 2.05) is 0 Å². The molecule has 0 aromatic rings. The molecular formula is C2H6BrN3O3. The van der Waals surface area contributed by atoms with Gasteiger partial charge in [-0.2, -0.15) is 0 Å². The molecule has 0 amide bonds. The van der Waals surface area contributed by atoms with Crippen molar-refractivity contribution in [3.8, 4) is 0 Å². The molecule has 0 aliphatic carbocycles. The van der Waals surface area contributed by atoms with Gasteiger partial charge in [-0.3, -0.25) is 11.1 Å². The molecule has 0 heterocycles.